The van der Waals surface area contributed by atoms with E-state index in [0.29, 0.717) is 0 Å². The van der Waals surface area contributed by atoms with Crippen molar-refractivity contribution in [2.45, 2.75) is 68.6 Å². The molecule has 0 aromatic heterocycles. The summed E-state index contributed by atoms with van der Waals surface area (Å²) in [5.41, 5.74) is 25.9. The summed E-state index contributed by atoms with van der Waals surface area (Å²) in [6, 6.07) is 108. The predicted octanol–water partition coefficient (Wildman–Crippen LogP) is 20.9. The molecule has 4 aliphatic rings. The van der Waals surface area contributed by atoms with Crippen LogP contribution in [0, 0.1) is 0 Å². The quantitative estimate of drug-likeness (QED) is 0.158. The van der Waals surface area contributed by atoms with Crippen molar-refractivity contribution >= 4 is 17.1 Å². The van der Waals surface area contributed by atoms with Crippen LogP contribution in [0.3, 0.4) is 0 Å². The van der Waals surface area contributed by atoms with Crippen LogP contribution in [0.5, 0.6) is 11.5 Å². The van der Waals surface area contributed by atoms with Gasteiger partial charge in [0.05, 0.1) is 16.2 Å². The molecule has 0 atom stereocenters. The highest BCUT2D eigenvalue weighted by Gasteiger charge is 2.53. The Morgan fingerprint density at radius 3 is 0.859 bits per heavy atom. The van der Waals surface area contributed by atoms with Crippen LogP contribution in [0.15, 0.2) is 285 Å². The van der Waals surface area contributed by atoms with E-state index in [1.165, 1.54) is 111 Å². The second-order valence-corrected chi connectivity index (χ2v) is 25.9. The summed E-state index contributed by atoms with van der Waals surface area (Å²) in [5.74, 6) is 1.78. The average molecular weight is 1090 g/mol. The molecule has 16 rings (SSSR count). The van der Waals surface area contributed by atoms with Crippen LogP contribution in [0.2, 0.25) is 0 Å². The first-order valence-corrected chi connectivity index (χ1v) is 30.1. The number of benzene rings is 12. The third-order valence-corrected chi connectivity index (χ3v) is 19.4. The third kappa shape index (κ3) is 7.18. The minimum Gasteiger partial charge on any atom is -0.457 e. The Morgan fingerprint density at radius 2 is 0.529 bits per heavy atom. The van der Waals surface area contributed by atoms with Gasteiger partial charge in [0.2, 0.25) is 0 Å². The Kier molecular flexibility index (Phi) is 11.2. The SMILES string of the molecule is CC(C)(C)c1ccc2c(c1)C1(c3cc(C(C)(C)C)ccc3O2)c2ccccc2-c2ccc(N(c3ccc4c(c3)C(c3ccccc3)(c3ccccc3)c3ccccc3-4)c3ccc4c(c3)C(c3ccccc3)(c3ccccc3)c3ccccc3-4)cc21. The summed E-state index contributed by atoms with van der Waals surface area (Å²) < 4.78 is 7.16. The van der Waals surface area contributed by atoms with Crippen LogP contribution < -0.4 is 9.64 Å². The van der Waals surface area contributed by atoms with Gasteiger partial charge in [0, 0.05) is 28.2 Å². The number of hydrogen-bond acceptors (Lipinski definition) is 2. The Hall–Kier alpha value is -9.76. The van der Waals surface area contributed by atoms with Gasteiger partial charge >= 0.3 is 0 Å². The zero-order valence-corrected chi connectivity index (χ0v) is 49.0. The Labute approximate surface area is 500 Å². The van der Waals surface area contributed by atoms with Crippen LogP contribution in [-0.4, -0.2) is 0 Å². The second kappa shape index (κ2) is 18.6. The minimum absolute atomic E-state index is 0.118. The fourth-order valence-corrected chi connectivity index (χ4v) is 15.6. The molecule has 1 heterocycles. The summed E-state index contributed by atoms with van der Waals surface area (Å²) in [5, 5.41) is 0. The van der Waals surface area contributed by atoms with Crippen molar-refractivity contribution < 1.29 is 4.74 Å². The van der Waals surface area contributed by atoms with E-state index in [-0.39, 0.29) is 10.8 Å². The molecule has 0 radical (unpaired) electrons. The molecular formula is C83H65NO. The van der Waals surface area contributed by atoms with E-state index < -0.39 is 16.2 Å². The number of fused-ring (bicyclic) bond motifs is 15. The molecule has 0 amide bonds. The molecule has 85 heavy (non-hydrogen) atoms. The summed E-state index contributed by atoms with van der Waals surface area (Å²) in [4.78, 5) is 2.57. The lowest BCUT2D eigenvalue weighted by Crippen LogP contribution is -2.33. The molecule has 1 spiro atoms. The zero-order valence-electron chi connectivity index (χ0n) is 49.0. The Morgan fingerprint density at radius 1 is 0.247 bits per heavy atom. The maximum atomic E-state index is 7.16. The maximum absolute atomic E-state index is 7.16. The first kappa shape index (κ1) is 50.9. The molecule has 0 bridgehead atoms. The van der Waals surface area contributed by atoms with E-state index in [1.54, 1.807) is 0 Å². The van der Waals surface area contributed by atoms with E-state index in [1.807, 2.05) is 0 Å². The number of rotatable bonds is 7. The van der Waals surface area contributed by atoms with Crippen LogP contribution in [0.1, 0.15) is 119 Å². The minimum atomic E-state index is -0.732. The molecule has 12 aromatic carbocycles. The van der Waals surface area contributed by atoms with Crippen LogP contribution in [0.25, 0.3) is 33.4 Å². The molecule has 2 nitrogen and oxygen atoms in total. The van der Waals surface area contributed by atoms with Gasteiger partial charge in [-0.2, -0.15) is 0 Å². The molecule has 0 unspecified atom stereocenters. The number of nitrogens with zero attached hydrogens (tertiary/aromatic N) is 1. The lowest BCUT2D eigenvalue weighted by atomic mass is 9.64. The van der Waals surface area contributed by atoms with Gasteiger partial charge in [0.25, 0.3) is 0 Å². The topological polar surface area (TPSA) is 12.5 Å². The molecule has 0 saturated carbocycles. The van der Waals surface area contributed by atoms with Gasteiger partial charge in [-0.3, -0.25) is 0 Å². The molecule has 0 fully saturated rings. The average Bonchev–Trinajstić information content (AvgIpc) is 1.63. The third-order valence-electron chi connectivity index (χ3n) is 19.4. The second-order valence-electron chi connectivity index (χ2n) is 25.9. The highest BCUT2D eigenvalue weighted by Crippen LogP contribution is 2.65. The van der Waals surface area contributed by atoms with Crippen molar-refractivity contribution in [2.75, 3.05) is 4.90 Å². The van der Waals surface area contributed by atoms with Crippen molar-refractivity contribution in [3.05, 3.63) is 363 Å². The lowest BCUT2D eigenvalue weighted by Gasteiger charge is -2.41. The fraction of sp³-hybridized carbons (Fsp3) is 0.133. The highest BCUT2D eigenvalue weighted by molar-refractivity contribution is 5.95. The Balaban J connectivity index is 1.02. The van der Waals surface area contributed by atoms with E-state index >= 15 is 0 Å². The van der Waals surface area contributed by atoms with Gasteiger partial charge in [0.1, 0.15) is 11.5 Å². The largest absolute Gasteiger partial charge is 0.457 e. The van der Waals surface area contributed by atoms with Crippen LogP contribution in [-0.2, 0) is 27.1 Å². The standard InChI is InChI=1S/C83H65NO/c1-79(2,3)58-39-47-77-75(49-58)83(76-50-59(80(4,5)6)40-48-78(76)85-77)71-38-24-21-35-65(71)68-46-43-62(53-74(68)83)84(60-41-44-66-63-33-19-22-36-69(63)81(72(66)51-60,54-25-11-7-12-26-54)55-27-13-8-14-28-55)61-42-45-67-64-34-20-23-37-70(64)82(73(67)52-61,56-29-15-9-16-30-56)57-31-17-10-18-32-57/h7-53H,1-6H3. The molecule has 2 heteroatoms. The van der Waals surface area contributed by atoms with Crippen molar-refractivity contribution in [1.29, 1.82) is 0 Å². The molecule has 1 aliphatic heterocycles. The number of ether oxygens (including phenoxy) is 1. The van der Waals surface area contributed by atoms with Crippen molar-refractivity contribution in [1.82, 2.24) is 0 Å². The van der Waals surface area contributed by atoms with E-state index in [2.05, 4.69) is 332 Å². The van der Waals surface area contributed by atoms with Crippen molar-refractivity contribution in [3.63, 3.8) is 0 Å². The van der Waals surface area contributed by atoms with Crippen LogP contribution in [0.4, 0.5) is 17.1 Å². The van der Waals surface area contributed by atoms with Gasteiger partial charge in [-0.15, -0.1) is 0 Å². The summed E-state index contributed by atoms with van der Waals surface area (Å²) in [6.07, 6.45) is 0. The monoisotopic (exact) mass is 1090 g/mol. The molecule has 0 N–H and O–H groups in total. The molecule has 12 aromatic rings. The smallest absolute Gasteiger partial charge is 0.132 e. The van der Waals surface area contributed by atoms with E-state index in [9.17, 15) is 0 Å². The van der Waals surface area contributed by atoms with Gasteiger partial charge in [-0.1, -0.05) is 266 Å². The van der Waals surface area contributed by atoms with E-state index in [4.69, 9.17) is 4.74 Å². The molecular weight excluding hydrogens is 1030 g/mol. The summed E-state index contributed by atoms with van der Waals surface area (Å²) >= 11 is 0. The lowest BCUT2D eigenvalue weighted by molar-refractivity contribution is 0.433. The number of anilines is 3. The normalized spacial score (nSPS) is 14.8. The summed E-state index contributed by atoms with van der Waals surface area (Å²) in [6.45, 7) is 13.9. The van der Waals surface area contributed by atoms with Gasteiger partial charge in [-0.25, -0.2) is 0 Å². The predicted molar refractivity (Wildman–Crippen MR) is 351 cm³/mol. The van der Waals surface area contributed by atoms with Crippen molar-refractivity contribution in [3.8, 4) is 44.9 Å². The summed E-state index contributed by atoms with van der Waals surface area (Å²) in [7, 11) is 0. The first-order chi connectivity index (χ1) is 41.4. The maximum Gasteiger partial charge on any atom is 0.132 e. The molecule has 3 aliphatic carbocycles. The van der Waals surface area contributed by atoms with Crippen LogP contribution >= 0.6 is 0 Å². The van der Waals surface area contributed by atoms with Crippen molar-refractivity contribution in [2.24, 2.45) is 0 Å². The molecule has 0 saturated heterocycles. The van der Waals surface area contributed by atoms with Gasteiger partial charge in [-0.05, 0) is 172 Å². The Bertz CT molecular complexity index is 4310. The van der Waals surface area contributed by atoms with E-state index in [0.717, 1.165) is 28.6 Å². The highest BCUT2D eigenvalue weighted by atomic mass is 16.5. The number of hydrogen-bond donors (Lipinski definition) is 0. The fourth-order valence-electron chi connectivity index (χ4n) is 15.6. The van der Waals surface area contributed by atoms with Gasteiger partial charge in [0.15, 0.2) is 0 Å². The first-order valence-electron chi connectivity index (χ1n) is 30.1. The zero-order chi connectivity index (χ0) is 57.5. The van der Waals surface area contributed by atoms with Gasteiger partial charge < -0.3 is 9.64 Å². The molecule has 408 valence electrons.